The van der Waals surface area contributed by atoms with E-state index in [1.54, 1.807) is 0 Å². The summed E-state index contributed by atoms with van der Waals surface area (Å²) in [6.45, 7) is 8.85. The molecule has 28 heavy (non-hydrogen) atoms. The largest absolute Gasteiger partial charge is 0.351 e. The average molecular weight is 393 g/mol. The summed E-state index contributed by atoms with van der Waals surface area (Å²) in [4.78, 5) is 12.5. The van der Waals surface area contributed by atoms with Gasteiger partial charge in [0.25, 0.3) is 0 Å². The third kappa shape index (κ3) is 4.89. The number of carbonyl (C=O) groups excluding carboxylic acids is 1. The van der Waals surface area contributed by atoms with Gasteiger partial charge >= 0.3 is 0 Å². The molecular formula is C22H24N4OS. The van der Waals surface area contributed by atoms with Gasteiger partial charge in [0.2, 0.25) is 5.91 Å². The molecule has 1 N–H and O–H groups in total. The molecule has 0 saturated heterocycles. The van der Waals surface area contributed by atoms with Gasteiger partial charge in [-0.1, -0.05) is 78.0 Å². The molecule has 0 fully saturated rings. The second kappa shape index (κ2) is 9.37. The fraction of sp³-hybridized carbons (Fsp3) is 0.227. The molecule has 1 amide bonds. The van der Waals surface area contributed by atoms with Gasteiger partial charge in [0.05, 0.1) is 5.25 Å². The SMILES string of the molecule is C=CCn1c(S[C@H](C)C(=O)NCc2ccc(C)cc2)nnc1-c1ccccc1. The van der Waals surface area contributed by atoms with Crippen LogP contribution >= 0.6 is 11.8 Å². The molecule has 6 heteroatoms. The quantitative estimate of drug-likeness (QED) is 0.460. The van der Waals surface area contributed by atoms with Gasteiger partial charge in [0.15, 0.2) is 11.0 Å². The molecule has 0 spiro atoms. The van der Waals surface area contributed by atoms with Crippen molar-refractivity contribution >= 4 is 17.7 Å². The topological polar surface area (TPSA) is 59.8 Å². The van der Waals surface area contributed by atoms with Crippen LogP contribution in [0.3, 0.4) is 0 Å². The lowest BCUT2D eigenvalue weighted by Gasteiger charge is -2.13. The van der Waals surface area contributed by atoms with Crippen molar-refractivity contribution in [2.75, 3.05) is 0 Å². The Hall–Kier alpha value is -2.86. The molecular weight excluding hydrogens is 368 g/mol. The molecule has 3 aromatic rings. The van der Waals surface area contributed by atoms with E-state index in [1.807, 2.05) is 79.1 Å². The van der Waals surface area contributed by atoms with E-state index < -0.39 is 0 Å². The summed E-state index contributed by atoms with van der Waals surface area (Å²) < 4.78 is 1.98. The lowest BCUT2D eigenvalue weighted by Crippen LogP contribution is -2.30. The number of aryl methyl sites for hydroxylation is 1. The van der Waals surface area contributed by atoms with Crippen LogP contribution in [0.4, 0.5) is 0 Å². The van der Waals surface area contributed by atoms with Crippen molar-refractivity contribution in [3.63, 3.8) is 0 Å². The van der Waals surface area contributed by atoms with Gasteiger partial charge in [-0.25, -0.2) is 0 Å². The standard InChI is InChI=1S/C22H24N4OS/c1-4-14-26-20(19-8-6-5-7-9-19)24-25-22(26)28-17(3)21(27)23-15-18-12-10-16(2)11-13-18/h4-13,17H,1,14-15H2,2-3H3,(H,23,27)/t17-/m1/s1. The molecule has 0 bridgehead atoms. The van der Waals surface area contributed by atoms with Crippen molar-refractivity contribution in [3.8, 4) is 11.4 Å². The Balaban J connectivity index is 1.68. The Morgan fingerprint density at radius 3 is 2.57 bits per heavy atom. The van der Waals surface area contributed by atoms with Crippen LogP contribution in [0.25, 0.3) is 11.4 Å². The molecule has 1 atom stereocenters. The zero-order chi connectivity index (χ0) is 19.9. The number of thioether (sulfide) groups is 1. The fourth-order valence-corrected chi connectivity index (χ4v) is 3.60. The van der Waals surface area contributed by atoms with Crippen molar-refractivity contribution in [3.05, 3.63) is 78.4 Å². The molecule has 0 radical (unpaired) electrons. The minimum atomic E-state index is -0.290. The first kappa shape index (κ1) is 19.9. The van der Waals surface area contributed by atoms with Crippen molar-refractivity contribution in [1.82, 2.24) is 20.1 Å². The van der Waals surface area contributed by atoms with Crippen molar-refractivity contribution < 1.29 is 4.79 Å². The maximum Gasteiger partial charge on any atom is 0.233 e. The van der Waals surface area contributed by atoms with Gasteiger partial charge in [-0.15, -0.1) is 16.8 Å². The van der Waals surface area contributed by atoms with Gasteiger partial charge in [0, 0.05) is 18.7 Å². The van der Waals surface area contributed by atoms with Crippen molar-refractivity contribution in [2.45, 2.75) is 37.3 Å². The van der Waals surface area contributed by atoms with Gasteiger partial charge in [-0.05, 0) is 19.4 Å². The highest BCUT2D eigenvalue weighted by Crippen LogP contribution is 2.27. The minimum absolute atomic E-state index is 0.0278. The van der Waals surface area contributed by atoms with Crippen LogP contribution in [0.2, 0.25) is 0 Å². The summed E-state index contributed by atoms with van der Waals surface area (Å²) in [7, 11) is 0. The van der Waals surface area contributed by atoms with Crippen LogP contribution in [0.15, 0.2) is 72.4 Å². The van der Waals surface area contributed by atoms with E-state index in [9.17, 15) is 4.79 Å². The first-order valence-corrected chi connectivity index (χ1v) is 10.1. The number of aromatic nitrogens is 3. The third-order valence-electron chi connectivity index (χ3n) is 4.30. The molecule has 5 nitrogen and oxygen atoms in total. The Morgan fingerprint density at radius 2 is 1.89 bits per heavy atom. The monoisotopic (exact) mass is 392 g/mol. The molecule has 0 unspecified atom stereocenters. The third-order valence-corrected chi connectivity index (χ3v) is 5.38. The Morgan fingerprint density at radius 1 is 1.18 bits per heavy atom. The number of nitrogens with zero attached hydrogens (tertiary/aromatic N) is 3. The maximum absolute atomic E-state index is 12.5. The molecule has 1 aromatic heterocycles. The Bertz CT molecular complexity index is 935. The summed E-state index contributed by atoms with van der Waals surface area (Å²) >= 11 is 1.40. The number of carbonyl (C=O) groups is 1. The molecule has 144 valence electrons. The summed E-state index contributed by atoms with van der Waals surface area (Å²) in [6.07, 6.45) is 1.81. The molecule has 2 aromatic carbocycles. The number of hydrogen-bond acceptors (Lipinski definition) is 4. The van der Waals surface area contributed by atoms with Gasteiger partial charge in [0.1, 0.15) is 0 Å². The number of hydrogen-bond donors (Lipinski definition) is 1. The van der Waals surface area contributed by atoms with E-state index in [1.165, 1.54) is 17.3 Å². The lowest BCUT2D eigenvalue weighted by molar-refractivity contribution is -0.120. The van der Waals surface area contributed by atoms with Gasteiger partial charge in [-0.3, -0.25) is 9.36 Å². The molecule has 0 aliphatic carbocycles. The van der Waals surface area contributed by atoms with Crippen LogP contribution in [0.1, 0.15) is 18.1 Å². The van der Waals surface area contributed by atoms with Crippen molar-refractivity contribution in [2.24, 2.45) is 0 Å². The zero-order valence-corrected chi connectivity index (χ0v) is 16.9. The van der Waals surface area contributed by atoms with Gasteiger partial charge in [-0.2, -0.15) is 0 Å². The van der Waals surface area contributed by atoms with E-state index in [4.69, 9.17) is 0 Å². The molecule has 0 aliphatic heterocycles. The number of amides is 1. The number of nitrogens with one attached hydrogen (secondary N) is 1. The van der Waals surface area contributed by atoms with Crippen LogP contribution in [0, 0.1) is 6.92 Å². The second-order valence-corrected chi connectivity index (χ2v) is 7.84. The highest BCUT2D eigenvalue weighted by Gasteiger charge is 2.20. The first-order chi connectivity index (χ1) is 13.6. The smallest absolute Gasteiger partial charge is 0.233 e. The van der Waals surface area contributed by atoms with Crippen LogP contribution in [-0.2, 0) is 17.9 Å². The molecule has 0 saturated carbocycles. The van der Waals surface area contributed by atoms with Gasteiger partial charge < -0.3 is 5.32 Å². The van der Waals surface area contributed by atoms with E-state index in [-0.39, 0.29) is 11.2 Å². The van der Waals surface area contributed by atoms with Crippen LogP contribution < -0.4 is 5.32 Å². The lowest BCUT2D eigenvalue weighted by atomic mass is 10.1. The predicted molar refractivity (Wildman–Crippen MR) is 114 cm³/mol. The van der Waals surface area contributed by atoms with E-state index in [0.29, 0.717) is 18.2 Å². The maximum atomic E-state index is 12.5. The summed E-state index contributed by atoms with van der Waals surface area (Å²) in [5, 5.41) is 12.0. The van der Waals surface area contributed by atoms with Crippen LogP contribution in [-0.4, -0.2) is 25.9 Å². The second-order valence-electron chi connectivity index (χ2n) is 6.53. The molecule has 1 heterocycles. The minimum Gasteiger partial charge on any atom is -0.351 e. The number of allylic oxidation sites excluding steroid dienone is 1. The van der Waals surface area contributed by atoms with E-state index >= 15 is 0 Å². The first-order valence-electron chi connectivity index (χ1n) is 9.18. The van der Waals surface area contributed by atoms with Crippen LogP contribution in [0.5, 0.6) is 0 Å². The summed E-state index contributed by atoms with van der Waals surface area (Å²) in [6, 6.07) is 18.0. The molecule has 0 aliphatic rings. The number of benzene rings is 2. The molecule has 3 rings (SSSR count). The highest BCUT2D eigenvalue weighted by atomic mass is 32.2. The normalized spacial score (nSPS) is 11.8. The average Bonchev–Trinajstić information content (AvgIpc) is 3.10. The van der Waals surface area contributed by atoms with E-state index in [2.05, 4.69) is 22.1 Å². The summed E-state index contributed by atoms with van der Waals surface area (Å²) in [5.74, 6) is 0.746. The Kier molecular flexibility index (Phi) is 6.66. The predicted octanol–water partition coefficient (Wildman–Crippen LogP) is 4.24. The Labute approximate surface area is 169 Å². The zero-order valence-electron chi connectivity index (χ0n) is 16.1. The summed E-state index contributed by atoms with van der Waals surface area (Å²) in [5.41, 5.74) is 3.27. The fourth-order valence-electron chi connectivity index (χ4n) is 2.72. The van der Waals surface area contributed by atoms with E-state index in [0.717, 1.165) is 17.0 Å². The number of rotatable bonds is 8. The van der Waals surface area contributed by atoms with Crippen molar-refractivity contribution in [1.29, 1.82) is 0 Å². The highest BCUT2D eigenvalue weighted by molar-refractivity contribution is 8.00.